The van der Waals surface area contributed by atoms with E-state index >= 15 is 0 Å². The number of benzene rings is 1. The highest BCUT2D eigenvalue weighted by molar-refractivity contribution is 6.30. The second-order valence-electron chi connectivity index (χ2n) is 6.39. The first-order valence-corrected chi connectivity index (χ1v) is 9.53. The number of hydrogen-bond donors (Lipinski definition) is 1. The molecular weight excluding hydrogens is 338 g/mol. The number of nitrogens with one attached hydrogen (secondary N) is 1. The Balaban J connectivity index is 1.96. The van der Waals surface area contributed by atoms with Crippen LogP contribution in [-0.2, 0) is 4.79 Å². The molecule has 0 spiro atoms. The van der Waals surface area contributed by atoms with Crippen molar-refractivity contribution >= 4 is 23.4 Å². The molecule has 0 aliphatic carbocycles. The fourth-order valence-corrected chi connectivity index (χ4v) is 3.16. The third-order valence-electron chi connectivity index (χ3n) is 4.46. The van der Waals surface area contributed by atoms with Gasteiger partial charge in [-0.3, -0.25) is 9.59 Å². The summed E-state index contributed by atoms with van der Waals surface area (Å²) in [4.78, 5) is 28.9. The van der Waals surface area contributed by atoms with Crippen LogP contribution in [0.4, 0.5) is 0 Å². The average Bonchev–Trinajstić information content (AvgIpc) is 2.64. The Kier molecular flexibility index (Phi) is 8.22. The molecule has 1 saturated heterocycles. The lowest BCUT2D eigenvalue weighted by molar-refractivity contribution is -0.131. The van der Waals surface area contributed by atoms with Crippen molar-refractivity contribution in [2.45, 2.75) is 32.6 Å². The van der Waals surface area contributed by atoms with Gasteiger partial charge in [0.05, 0.1) is 0 Å². The van der Waals surface area contributed by atoms with Crippen molar-refractivity contribution in [3.63, 3.8) is 0 Å². The van der Waals surface area contributed by atoms with Gasteiger partial charge in [0.2, 0.25) is 5.91 Å². The fourth-order valence-electron chi connectivity index (χ4n) is 2.97. The Morgan fingerprint density at radius 1 is 1.20 bits per heavy atom. The van der Waals surface area contributed by atoms with Gasteiger partial charge in [-0.1, -0.05) is 37.4 Å². The minimum atomic E-state index is -0.0493. The Bertz CT molecular complexity index is 574. The molecule has 1 heterocycles. The second kappa shape index (κ2) is 10.4. The van der Waals surface area contributed by atoms with Gasteiger partial charge < -0.3 is 15.1 Å². The van der Waals surface area contributed by atoms with E-state index in [2.05, 4.69) is 12.2 Å². The molecule has 25 heavy (non-hydrogen) atoms. The van der Waals surface area contributed by atoms with E-state index in [1.165, 1.54) is 0 Å². The molecule has 5 nitrogen and oxygen atoms in total. The van der Waals surface area contributed by atoms with E-state index in [1.807, 2.05) is 4.90 Å². The van der Waals surface area contributed by atoms with Crippen molar-refractivity contribution in [2.24, 2.45) is 0 Å². The predicted molar refractivity (Wildman–Crippen MR) is 101 cm³/mol. The number of piperazine rings is 1. The Hall–Kier alpha value is -1.59. The van der Waals surface area contributed by atoms with Crippen LogP contribution in [0.25, 0.3) is 0 Å². The quantitative estimate of drug-likeness (QED) is 0.721. The van der Waals surface area contributed by atoms with E-state index in [0.717, 1.165) is 45.4 Å². The van der Waals surface area contributed by atoms with Crippen molar-refractivity contribution < 1.29 is 9.59 Å². The summed E-state index contributed by atoms with van der Waals surface area (Å²) >= 11 is 6.01. The Labute approximate surface area is 155 Å². The molecule has 138 valence electrons. The van der Waals surface area contributed by atoms with Gasteiger partial charge in [0, 0.05) is 56.3 Å². The molecular formula is C19H28ClN3O2. The molecule has 1 aromatic carbocycles. The summed E-state index contributed by atoms with van der Waals surface area (Å²) in [6.07, 6.45) is 3.49. The first-order chi connectivity index (χ1) is 12.1. The molecule has 1 aromatic rings. The highest BCUT2D eigenvalue weighted by atomic mass is 35.5. The van der Waals surface area contributed by atoms with Gasteiger partial charge in [-0.05, 0) is 24.6 Å². The van der Waals surface area contributed by atoms with Gasteiger partial charge >= 0.3 is 0 Å². The zero-order valence-electron chi connectivity index (χ0n) is 15.0. The lowest BCUT2D eigenvalue weighted by atomic mass is 10.1. The van der Waals surface area contributed by atoms with Crippen molar-refractivity contribution in [3.8, 4) is 0 Å². The van der Waals surface area contributed by atoms with Gasteiger partial charge in [0.1, 0.15) is 0 Å². The number of amides is 2. The number of rotatable bonds is 8. The molecule has 2 rings (SSSR count). The minimum absolute atomic E-state index is 0.0493. The van der Waals surface area contributed by atoms with Crippen LogP contribution in [-0.4, -0.2) is 60.9 Å². The van der Waals surface area contributed by atoms with Crippen LogP contribution in [0.15, 0.2) is 24.3 Å². The third kappa shape index (κ3) is 6.33. The summed E-state index contributed by atoms with van der Waals surface area (Å²) in [6.45, 7) is 6.44. The highest BCUT2D eigenvalue weighted by Crippen LogP contribution is 2.14. The summed E-state index contributed by atoms with van der Waals surface area (Å²) in [7, 11) is 0. The Morgan fingerprint density at radius 3 is 2.64 bits per heavy atom. The molecule has 1 N–H and O–H groups in total. The van der Waals surface area contributed by atoms with Gasteiger partial charge in [-0.25, -0.2) is 0 Å². The van der Waals surface area contributed by atoms with E-state index in [0.29, 0.717) is 30.1 Å². The van der Waals surface area contributed by atoms with Crippen molar-refractivity contribution in [1.82, 2.24) is 15.1 Å². The lowest BCUT2D eigenvalue weighted by Gasteiger charge is -2.29. The molecule has 1 fully saturated rings. The number of halogens is 1. The average molecular weight is 366 g/mol. The number of hydrogen-bond acceptors (Lipinski definition) is 3. The SMILES string of the molecule is CCCCCN(CCC(=O)N1CCNCC1)C(=O)c1cccc(Cl)c1. The first kappa shape index (κ1) is 19.7. The Morgan fingerprint density at radius 2 is 1.96 bits per heavy atom. The fraction of sp³-hybridized carbons (Fsp3) is 0.579. The minimum Gasteiger partial charge on any atom is -0.340 e. The normalized spacial score (nSPS) is 14.4. The topological polar surface area (TPSA) is 52.7 Å². The summed E-state index contributed by atoms with van der Waals surface area (Å²) < 4.78 is 0. The van der Waals surface area contributed by atoms with Gasteiger partial charge in [-0.2, -0.15) is 0 Å². The van der Waals surface area contributed by atoms with Crippen LogP contribution in [0, 0.1) is 0 Å². The monoisotopic (exact) mass is 365 g/mol. The molecule has 1 aliphatic rings. The van der Waals surface area contributed by atoms with E-state index in [-0.39, 0.29) is 11.8 Å². The van der Waals surface area contributed by atoms with Crippen LogP contribution < -0.4 is 5.32 Å². The zero-order valence-corrected chi connectivity index (χ0v) is 15.7. The molecule has 0 atom stereocenters. The molecule has 6 heteroatoms. The third-order valence-corrected chi connectivity index (χ3v) is 4.69. The van der Waals surface area contributed by atoms with Gasteiger partial charge in [0.25, 0.3) is 5.91 Å². The van der Waals surface area contributed by atoms with E-state index in [4.69, 9.17) is 11.6 Å². The summed E-state index contributed by atoms with van der Waals surface area (Å²) in [5, 5.41) is 3.79. The van der Waals surface area contributed by atoms with Crippen LogP contribution >= 0.6 is 11.6 Å². The van der Waals surface area contributed by atoms with Crippen LogP contribution in [0.3, 0.4) is 0 Å². The lowest BCUT2D eigenvalue weighted by Crippen LogP contribution is -2.47. The first-order valence-electron chi connectivity index (χ1n) is 9.15. The molecule has 1 aliphatic heterocycles. The molecule has 0 unspecified atom stereocenters. The van der Waals surface area contributed by atoms with E-state index in [1.54, 1.807) is 29.2 Å². The number of carbonyl (C=O) groups excluding carboxylic acids is 2. The second-order valence-corrected chi connectivity index (χ2v) is 6.83. The van der Waals surface area contributed by atoms with Crippen molar-refractivity contribution in [2.75, 3.05) is 39.3 Å². The molecule has 0 saturated carbocycles. The van der Waals surface area contributed by atoms with E-state index < -0.39 is 0 Å². The van der Waals surface area contributed by atoms with Gasteiger partial charge in [0.15, 0.2) is 0 Å². The molecule has 0 bridgehead atoms. The zero-order chi connectivity index (χ0) is 18.1. The van der Waals surface area contributed by atoms with E-state index in [9.17, 15) is 9.59 Å². The van der Waals surface area contributed by atoms with Crippen molar-refractivity contribution in [3.05, 3.63) is 34.9 Å². The summed E-state index contributed by atoms with van der Waals surface area (Å²) in [6, 6.07) is 7.01. The standard InChI is InChI=1S/C19H28ClN3O2/c1-2-3-4-11-23(19(25)16-6-5-7-17(20)15-16)12-8-18(24)22-13-9-21-10-14-22/h5-7,15,21H,2-4,8-14H2,1H3. The maximum atomic E-state index is 12.8. The molecule has 0 aromatic heterocycles. The van der Waals surface area contributed by atoms with Gasteiger partial charge in [-0.15, -0.1) is 0 Å². The highest BCUT2D eigenvalue weighted by Gasteiger charge is 2.20. The van der Waals surface area contributed by atoms with Crippen molar-refractivity contribution in [1.29, 1.82) is 0 Å². The summed E-state index contributed by atoms with van der Waals surface area (Å²) in [5.41, 5.74) is 0.582. The number of unbranched alkanes of at least 4 members (excludes halogenated alkanes) is 2. The molecule has 0 radical (unpaired) electrons. The largest absolute Gasteiger partial charge is 0.340 e. The maximum Gasteiger partial charge on any atom is 0.253 e. The van der Waals surface area contributed by atoms with Crippen LogP contribution in [0.1, 0.15) is 43.0 Å². The summed E-state index contributed by atoms with van der Waals surface area (Å²) in [5.74, 6) is 0.0765. The maximum absolute atomic E-state index is 12.8. The number of carbonyl (C=O) groups is 2. The van der Waals surface area contributed by atoms with Crippen LogP contribution in [0.2, 0.25) is 5.02 Å². The van der Waals surface area contributed by atoms with Crippen LogP contribution in [0.5, 0.6) is 0 Å². The number of nitrogens with zero attached hydrogens (tertiary/aromatic N) is 2. The molecule has 2 amide bonds. The predicted octanol–water partition coefficient (Wildman–Crippen LogP) is 2.79. The smallest absolute Gasteiger partial charge is 0.253 e.